The summed E-state index contributed by atoms with van der Waals surface area (Å²) in [4.78, 5) is 13.6. The van der Waals surface area contributed by atoms with Gasteiger partial charge < -0.3 is 4.90 Å². The Kier molecular flexibility index (Phi) is 4.46. The van der Waals surface area contributed by atoms with Crippen molar-refractivity contribution in [1.29, 1.82) is 0 Å². The van der Waals surface area contributed by atoms with E-state index in [1.54, 1.807) is 20.1 Å². The molecule has 0 aliphatic carbocycles. The van der Waals surface area contributed by atoms with Gasteiger partial charge in [0.15, 0.2) is 0 Å². The van der Waals surface area contributed by atoms with Crippen LogP contribution in [-0.2, 0) is 21.9 Å². The fourth-order valence-corrected chi connectivity index (χ4v) is 5.66. The van der Waals surface area contributed by atoms with E-state index in [1.807, 2.05) is 20.2 Å². The second-order valence-electron chi connectivity index (χ2n) is 6.37. The predicted molar refractivity (Wildman–Crippen MR) is 86.1 cm³/mol. The minimum atomic E-state index is -3.49. The summed E-state index contributed by atoms with van der Waals surface area (Å²) in [5.41, 5.74) is 0.937. The summed E-state index contributed by atoms with van der Waals surface area (Å²) in [5, 5.41) is 3.56. The van der Waals surface area contributed by atoms with E-state index >= 15 is 0 Å². The topological polar surface area (TPSA) is 75.5 Å². The van der Waals surface area contributed by atoms with Crippen LogP contribution in [0.15, 0.2) is 12.4 Å². The molecule has 1 aromatic rings. The molecule has 8 heteroatoms. The van der Waals surface area contributed by atoms with Gasteiger partial charge in [0.05, 0.1) is 12.2 Å². The molecule has 1 amide bonds. The van der Waals surface area contributed by atoms with E-state index in [0.717, 1.165) is 24.8 Å². The fourth-order valence-electron chi connectivity index (χ4n) is 3.59. The van der Waals surface area contributed by atoms with Gasteiger partial charge in [0.25, 0.3) is 0 Å². The third-order valence-corrected chi connectivity index (χ3v) is 7.12. The minimum Gasteiger partial charge on any atom is -0.342 e. The van der Waals surface area contributed by atoms with Gasteiger partial charge in [0, 0.05) is 44.9 Å². The van der Waals surface area contributed by atoms with Crippen LogP contribution in [0.5, 0.6) is 0 Å². The fraction of sp³-hybridized carbons (Fsp3) is 0.733. The molecule has 1 aromatic heterocycles. The number of aryl methyl sites for hydroxylation is 1. The zero-order valence-corrected chi connectivity index (χ0v) is 14.5. The van der Waals surface area contributed by atoms with E-state index in [4.69, 9.17) is 0 Å². The Morgan fingerprint density at radius 1 is 1.35 bits per heavy atom. The van der Waals surface area contributed by atoms with Crippen molar-refractivity contribution in [3.8, 4) is 0 Å². The van der Waals surface area contributed by atoms with E-state index in [1.165, 1.54) is 0 Å². The molecule has 23 heavy (non-hydrogen) atoms. The number of carbonyl (C=O) groups is 1. The van der Waals surface area contributed by atoms with Crippen LogP contribution in [0.4, 0.5) is 0 Å². The van der Waals surface area contributed by atoms with Crippen molar-refractivity contribution >= 4 is 15.9 Å². The highest BCUT2D eigenvalue weighted by molar-refractivity contribution is 7.89. The van der Waals surface area contributed by atoms with Crippen molar-refractivity contribution in [2.75, 3.05) is 19.6 Å². The van der Waals surface area contributed by atoms with Crippen molar-refractivity contribution in [2.45, 2.75) is 43.9 Å². The molecule has 3 rings (SSSR count). The van der Waals surface area contributed by atoms with Crippen LogP contribution in [0.1, 0.15) is 44.2 Å². The van der Waals surface area contributed by atoms with Gasteiger partial charge in [-0.3, -0.25) is 9.48 Å². The van der Waals surface area contributed by atoms with E-state index in [0.29, 0.717) is 19.6 Å². The van der Waals surface area contributed by atoms with Gasteiger partial charge >= 0.3 is 0 Å². The minimum absolute atomic E-state index is 0.0592. The van der Waals surface area contributed by atoms with Crippen LogP contribution >= 0.6 is 0 Å². The molecule has 2 saturated heterocycles. The SMILES string of the molecule is CCN1CC(S(=O)(=O)N2CCCCC2c2cnn(C)c2)CC1=O. The Morgan fingerprint density at radius 2 is 2.13 bits per heavy atom. The molecule has 0 saturated carbocycles. The van der Waals surface area contributed by atoms with E-state index in [-0.39, 0.29) is 18.4 Å². The van der Waals surface area contributed by atoms with E-state index in [9.17, 15) is 13.2 Å². The Bertz CT molecular complexity index is 685. The number of likely N-dealkylation sites (tertiary alicyclic amines) is 1. The number of piperidine rings is 1. The van der Waals surface area contributed by atoms with Crippen LogP contribution in [0, 0.1) is 0 Å². The highest BCUT2D eigenvalue weighted by Crippen LogP contribution is 2.35. The molecule has 0 radical (unpaired) electrons. The molecule has 2 atom stereocenters. The number of hydrogen-bond donors (Lipinski definition) is 0. The van der Waals surface area contributed by atoms with E-state index in [2.05, 4.69) is 5.10 Å². The third-order valence-electron chi connectivity index (χ3n) is 4.87. The second-order valence-corrected chi connectivity index (χ2v) is 8.54. The molecule has 3 heterocycles. The van der Waals surface area contributed by atoms with Gasteiger partial charge in [-0.25, -0.2) is 8.42 Å². The first kappa shape index (κ1) is 16.4. The van der Waals surface area contributed by atoms with Crippen LogP contribution in [0.25, 0.3) is 0 Å². The van der Waals surface area contributed by atoms with Crippen LogP contribution in [0.2, 0.25) is 0 Å². The highest BCUT2D eigenvalue weighted by Gasteiger charge is 2.44. The van der Waals surface area contributed by atoms with Crippen molar-refractivity contribution < 1.29 is 13.2 Å². The lowest BCUT2D eigenvalue weighted by Gasteiger charge is -2.35. The normalized spacial score (nSPS) is 26.9. The summed E-state index contributed by atoms with van der Waals surface area (Å²) in [7, 11) is -1.66. The molecular formula is C15H24N4O3S. The largest absolute Gasteiger partial charge is 0.342 e. The molecule has 0 N–H and O–H groups in total. The number of amides is 1. The molecule has 7 nitrogen and oxygen atoms in total. The van der Waals surface area contributed by atoms with Crippen LogP contribution < -0.4 is 0 Å². The van der Waals surface area contributed by atoms with Gasteiger partial charge in [-0.05, 0) is 19.8 Å². The average molecular weight is 340 g/mol. The number of carbonyl (C=O) groups excluding carboxylic acids is 1. The maximum absolute atomic E-state index is 13.1. The van der Waals surface area contributed by atoms with Crippen LogP contribution in [0.3, 0.4) is 0 Å². The molecule has 2 fully saturated rings. The summed E-state index contributed by atoms with van der Waals surface area (Å²) < 4.78 is 29.5. The van der Waals surface area contributed by atoms with Crippen LogP contribution in [-0.4, -0.2) is 58.2 Å². The number of hydrogen-bond acceptors (Lipinski definition) is 4. The molecular weight excluding hydrogens is 316 g/mol. The highest BCUT2D eigenvalue weighted by atomic mass is 32.2. The molecule has 2 aliphatic heterocycles. The molecule has 2 unspecified atom stereocenters. The molecule has 0 spiro atoms. The lowest BCUT2D eigenvalue weighted by Crippen LogP contribution is -2.44. The maximum atomic E-state index is 13.1. The summed E-state index contributed by atoms with van der Waals surface area (Å²) in [6, 6.07) is -0.159. The smallest absolute Gasteiger partial charge is 0.224 e. The van der Waals surface area contributed by atoms with E-state index < -0.39 is 15.3 Å². The Morgan fingerprint density at radius 3 is 2.74 bits per heavy atom. The predicted octanol–water partition coefficient (Wildman–Crippen LogP) is 0.898. The Balaban J connectivity index is 1.86. The Labute approximate surface area is 137 Å². The summed E-state index contributed by atoms with van der Waals surface area (Å²) in [6.45, 7) is 3.29. The summed E-state index contributed by atoms with van der Waals surface area (Å²) in [6.07, 6.45) is 6.42. The number of aromatic nitrogens is 2. The molecule has 128 valence electrons. The lowest BCUT2D eigenvalue weighted by atomic mass is 10.0. The average Bonchev–Trinajstić information content (AvgIpc) is 3.13. The first-order valence-corrected chi connectivity index (χ1v) is 9.70. The first-order chi connectivity index (χ1) is 10.9. The van der Waals surface area contributed by atoms with Gasteiger partial charge in [-0.1, -0.05) is 6.42 Å². The molecule has 0 bridgehead atoms. The lowest BCUT2D eigenvalue weighted by molar-refractivity contribution is -0.127. The maximum Gasteiger partial charge on any atom is 0.224 e. The monoisotopic (exact) mass is 340 g/mol. The second kappa shape index (κ2) is 6.24. The number of nitrogens with zero attached hydrogens (tertiary/aromatic N) is 4. The zero-order valence-electron chi connectivity index (χ0n) is 13.7. The van der Waals surface area contributed by atoms with Gasteiger partial charge in [-0.2, -0.15) is 9.40 Å². The van der Waals surface area contributed by atoms with Gasteiger partial charge in [0.1, 0.15) is 5.25 Å². The summed E-state index contributed by atoms with van der Waals surface area (Å²) >= 11 is 0. The van der Waals surface area contributed by atoms with Gasteiger partial charge in [-0.15, -0.1) is 0 Å². The molecule has 2 aliphatic rings. The standard InChI is InChI=1S/C15H24N4O3S/c1-3-18-11-13(8-15(18)20)23(21,22)19-7-5-4-6-14(19)12-9-16-17(2)10-12/h9-10,13-14H,3-8,11H2,1-2H3. The van der Waals surface area contributed by atoms with Crippen molar-refractivity contribution in [1.82, 2.24) is 19.0 Å². The number of rotatable bonds is 4. The quantitative estimate of drug-likeness (QED) is 0.816. The van der Waals surface area contributed by atoms with Crippen molar-refractivity contribution in [3.05, 3.63) is 18.0 Å². The summed E-state index contributed by atoms with van der Waals surface area (Å²) in [5.74, 6) is -0.0592. The molecule has 0 aromatic carbocycles. The van der Waals surface area contributed by atoms with Crippen molar-refractivity contribution in [3.63, 3.8) is 0 Å². The number of sulfonamides is 1. The third kappa shape index (κ3) is 3.01. The zero-order chi connectivity index (χ0) is 16.6. The first-order valence-electron chi connectivity index (χ1n) is 8.20. The Hall–Kier alpha value is -1.41. The van der Waals surface area contributed by atoms with Crippen molar-refractivity contribution in [2.24, 2.45) is 7.05 Å². The van der Waals surface area contributed by atoms with Gasteiger partial charge in [0.2, 0.25) is 15.9 Å².